The highest BCUT2D eigenvalue weighted by atomic mass is 16.2. The van der Waals surface area contributed by atoms with E-state index in [-0.39, 0.29) is 23.8 Å². The van der Waals surface area contributed by atoms with E-state index in [0.29, 0.717) is 11.3 Å². The van der Waals surface area contributed by atoms with E-state index >= 15 is 0 Å². The molecular weight excluding hydrogens is 328 g/mol. The number of carbonyl (C=O) groups is 2. The van der Waals surface area contributed by atoms with Gasteiger partial charge in [-0.2, -0.15) is 5.10 Å². The third kappa shape index (κ3) is 3.91. The summed E-state index contributed by atoms with van der Waals surface area (Å²) in [6.45, 7) is 6.25. The number of H-pyrrole nitrogens is 1. The quantitative estimate of drug-likeness (QED) is 0.675. The first-order chi connectivity index (χ1) is 12.3. The minimum Gasteiger partial charge on any atom is -0.343 e. The number of rotatable bonds is 4. The summed E-state index contributed by atoms with van der Waals surface area (Å²) < 4.78 is 0. The number of aromatic nitrogens is 2. The van der Waals surface area contributed by atoms with Crippen LogP contribution in [0.4, 0.5) is 5.69 Å². The fraction of sp³-hybridized carbons (Fsp3) is 0.250. The van der Waals surface area contributed by atoms with Crippen LogP contribution in [-0.2, 0) is 10.2 Å². The summed E-state index contributed by atoms with van der Waals surface area (Å²) in [7, 11) is 0. The Kier molecular flexibility index (Phi) is 4.75. The number of amides is 2. The molecule has 3 rings (SSSR count). The van der Waals surface area contributed by atoms with Crippen molar-refractivity contribution >= 4 is 28.4 Å². The van der Waals surface area contributed by atoms with Gasteiger partial charge in [0.2, 0.25) is 5.91 Å². The smallest absolute Gasteiger partial charge is 0.251 e. The second-order valence-corrected chi connectivity index (χ2v) is 7.20. The van der Waals surface area contributed by atoms with Crippen molar-refractivity contribution in [2.45, 2.75) is 26.2 Å². The molecule has 6 heteroatoms. The van der Waals surface area contributed by atoms with E-state index in [1.807, 2.05) is 24.3 Å². The number of anilines is 1. The van der Waals surface area contributed by atoms with Crippen molar-refractivity contribution < 1.29 is 9.59 Å². The lowest BCUT2D eigenvalue weighted by atomic mass is 9.87. The molecule has 3 N–H and O–H groups in total. The van der Waals surface area contributed by atoms with E-state index in [2.05, 4.69) is 41.6 Å². The number of hydrogen-bond donors (Lipinski definition) is 3. The lowest BCUT2D eigenvalue weighted by Crippen LogP contribution is -2.32. The Labute approximate surface area is 152 Å². The first-order valence-electron chi connectivity index (χ1n) is 8.45. The van der Waals surface area contributed by atoms with Gasteiger partial charge in [0.25, 0.3) is 5.91 Å². The molecule has 0 saturated carbocycles. The minimum atomic E-state index is -0.299. The lowest BCUT2D eigenvalue weighted by molar-refractivity contribution is -0.115. The van der Waals surface area contributed by atoms with Gasteiger partial charge in [-0.15, -0.1) is 0 Å². The Morgan fingerprint density at radius 2 is 1.81 bits per heavy atom. The molecule has 0 bridgehead atoms. The molecule has 0 radical (unpaired) electrons. The van der Waals surface area contributed by atoms with Crippen LogP contribution >= 0.6 is 0 Å². The van der Waals surface area contributed by atoms with Crippen LogP contribution in [0.25, 0.3) is 10.9 Å². The predicted molar refractivity (Wildman–Crippen MR) is 102 cm³/mol. The Morgan fingerprint density at radius 3 is 2.50 bits per heavy atom. The lowest BCUT2D eigenvalue weighted by Gasteiger charge is -2.19. The number of benzene rings is 2. The van der Waals surface area contributed by atoms with E-state index < -0.39 is 0 Å². The third-order valence-corrected chi connectivity index (χ3v) is 4.17. The molecule has 3 aromatic rings. The first-order valence-corrected chi connectivity index (χ1v) is 8.45. The van der Waals surface area contributed by atoms with Crippen LogP contribution < -0.4 is 10.6 Å². The topological polar surface area (TPSA) is 86.9 Å². The summed E-state index contributed by atoms with van der Waals surface area (Å²) in [6, 6.07) is 13.0. The molecule has 0 aliphatic carbocycles. The van der Waals surface area contributed by atoms with Gasteiger partial charge < -0.3 is 10.6 Å². The predicted octanol–water partition coefficient (Wildman–Crippen LogP) is 3.23. The summed E-state index contributed by atoms with van der Waals surface area (Å²) >= 11 is 0. The molecule has 0 spiro atoms. The Hall–Kier alpha value is -3.15. The van der Waals surface area contributed by atoms with Crippen LogP contribution in [0.1, 0.15) is 36.7 Å². The first kappa shape index (κ1) is 17.7. The molecule has 0 atom stereocenters. The highest BCUT2D eigenvalue weighted by molar-refractivity contribution is 6.03. The second-order valence-electron chi connectivity index (χ2n) is 7.20. The molecule has 0 aliphatic rings. The molecule has 2 aromatic carbocycles. The van der Waals surface area contributed by atoms with Gasteiger partial charge in [-0.05, 0) is 29.2 Å². The number of carbonyl (C=O) groups excluding carboxylic acids is 2. The maximum Gasteiger partial charge on any atom is 0.251 e. The van der Waals surface area contributed by atoms with E-state index in [1.54, 1.807) is 24.4 Å². The number of para-hydroxylation sites is 1. The average Bonchev–Trinajstić information content (AvgIpc) is 3.09. The molecule has 26 heavy (non-hydrogen) atoms. The monoisotopic (exact) mass is 350 g/mol. The maximum atomic E-state index is 12.2. The van der Waals surface area contributed by atoms with Crippen molar-refractivity contribution in [3.05, 3.63) is 59.8 Å². The fourth-order valence-electron chi connectivity index (χ4n) is 2.65. The summed E-state index contributed by atoms with van der Waals surface area (Å²) in [5.74, 6) is -0.577. The van der Waals surface area contributed by atoms with Crippen LogP contribution in [0.15, 0.2) is 48.7 Å². The van der Waals surface area contributed by atoms with Crippen molar-refractivity contribution in [1.29, 1.82) is 0 Å². The molecule has 6 nitrogen and oxygen atoms in total. The largest absolute Gasteiger partial charge is 0.343 e. The van der Waals surface area contributed by atoms with Crippen molar-refractivity contribution in [2.75, 3.05) is 11.9 Å². The van der Waals surface area contributed by atoms with Gasteiger partial charge in [-0.25, -0.2) is 0 Å². The number of aromatic amines is 1. The number of nitrogens with zero attached hydrogens (tertiary/aromatic N) is 1. The normalized spacial score (nSPS) is 11.3. The average molecular weight is 350 g/mol. The zero-order valence-electron chi connectivity index (χ0n) is 15.1. The van der Waals surface area contributed by atoms with Crippen molar-refractivity contribution in [3.8, 4) is 0 Å². The van der Waals surface area contributed by atoms with E-state index in [4.69, 9.17) is 0 Å². The maximum absolute atomic E-state index is 12.2. The van der Waals surface area contributed by atoms with Gasteiger partial charge in [0.05, 0.1) is 23.9 Å². The summed E-state index contributed by atoms with van der Waals surface area (Å²) in [4.78, 5) is 24.4. The Morgan fingerprint density at radius 1 is 1.08 bits per heavy atom. The number of fused-ring (bicyclic) bond motifs is 1. The zero-order valence-corrected chi connectivity index (χ0v) is 15.1. The van der Waals surface area contributed by atoms with E-state index in [1.165, 1.54) is 0 Å². The summed E-state index contributed by atoms with van der Waals surface area (Å²) in [6.07, 6.45) is 1.69. The number of nitrogens with one attached hydrogen (secondary N) is 3. The van der Waals surface area contributed by atoms with Crippen molar-refractivity contribution in [1.82, 2.24) is 15.5 Å². The van der Waals surface area contributed by atoms with Gasteiger partial charge in [0.1, 0.15) is 0 Å². The SMILES string of the molecule is CC(C)(C)c1ccc(C(=O)NCC(=O)Nc2cccc3cn[nH]c23)cc1. The molecule has 134 valence electrons. The standard InChI is InChI=1S/C20H22N4O2/c1-20(2,3)15-9-7-13(8-10-15)19(26)21-12-17(25)23-16-6-4-5-14-11-22-24-18(14)16/h4-11H,12H2,1-3H3,(H,21,26)(H,22,24)(H,23,25). The molecule has 0 saturated heterocycles. The van der Waals surface area contributed by atoms with Crippen LogP contribution in [0.3, 0.4) is 0 Å². The highest BCUT2D eigenvalue weighted by Gasteiger charge is 2.15. The zero-order chi connectivity index (χ0) is 18.7. The minimum absolute atomic E-state index is 0.0303. The molecule has 0 fully saturated rings. The van der Waals surface area contributed by atoms with Crippen LogP contribution in [-0.4, -0.2) is 28.6 Å². The van der Waals surface area contributed by atoms with E-state index in [0.717, 1.165) is 16.5 Å². The summed E-state index contributed by atoms with van der Waals surface area (Å²) in [5.41, 5.74) is 3.10. The highest BCUT2D eigenvalue weighted by Crippen LogP contribution is 2.22. The number of hydrogen-bond acceptors (Lipinski definition) is 3. The van der Waals surface area contributed by atoms with Gasteiger partial charge >= 0.3 is 0 Å². The molecule has 0 aliphatic heterocycles. The van der Waals surface area contributed by atoms with Gasteiger partial charge in [0, 0.05) is 10.9 Å². The van der Waals surface area contributed by atoms with Crippen LogP contribution in [0.5, 0.6) is 0 Å². The Balaban J connectivity index is 1.59. The van der Waals surface area contributed by atoms with E-state index in [9.17, 15) is 9.59 Å². The molecular formula is C20H22N4O2. The molecule has 0 unspecified atom stereocenters. The summed E-state index contributed by atoms with van der Waals surface area (Å²) in [5, 5.41) is 13.1. The van der Waals surface area contributed by atoms with Gasteiger partial charge in [-0.1, -0.05) is 45.0 Å². The van der Waals surface area contributed by atoms with Crippen molar-refractivity contribution in [3.63, 3.8) is 0 Å². The Bertz CT molecular complexity index is 936. The van der Waals surface area contributed by atoms with Crippen molar-refractivity contribution in [2.24, 2.45) is 0 Å². The fourth-order valence-corrected chi connectivity index (χ4v) is 2.65. The molecule has 1 aromatic heterocycles. The third-order valence-electron chi connectivity index (χ3n) is 4.17. The van der Waals surface area contributed by atoms with Gasteiger partial charge in [-0.3, -0.25) is 14.7 Å². The second kappa shape index (κ2) is 7.00. The van der Waals surface area contributed by atoms with Crippen LogP contribution in [0, 0.1) is 0 Å². The van der Waals surface area contributed by atoms with Gasteiger partial charge in [0.15, 0.2) is 0 Å². The molecule has 1 heterocycles. The molecule has 2 amide bonds. The van der Waals surface area contributed by atoms with Crippen LogP contribution in [0.2, 0.25) is 0 Å².